The zero-order valence-corrected chi connectivity index (χ0v) is 9.75. The van der Waals surface area contributed by atoms with Crippen molar-refractivity contribution < 1.29 is 14.6 Å². The molecule has 0 aromatic carbocycles. The highest BCUT2D eigenvalue weighted by atomic mass is 16.5. The summed E-state index contributed by atoms with van der Waals surface area (Å²) in [5.41, 5.74) is -0.866. The van der Waals surface area contributed by atoms with Crippen molar-refractivity contribution in [1.29, 1.82) is 0 Å². The van der Waals surface area contributed by atoms with Gasteiger partial charge in [0.15, 0.2) is 0 Å². The second-order valence-corrected chi connectivity index (χ2v) is 4.71. The Hall–Kier alpha value is -0.610. The molecule has 1 unspecified atom stereocenters. The van der Waals surface area contributed by atoms with Crippen molar-refractivity contribution in [3.05, 3.63) is 0 Å². The van der Waals surface area contributed by atoms with E-state index < -0.39 is 11.5 Å². The highest BCUT2D eigenvalue weighted by molar-refractivity contribution is 5.80. The Kier molecular flexibility index (Phi) is 4.11. The van der Waals surface area contributed by atoms with Gasteiger partial charge in [-0.3, -0.25) is 4.79 Å². The highest BCUT2D eigenvalue weighted by Crippen LogP contribution is 2.40. The van der Waals surface area contributed by atoms with Crippen LogP contribution in [0, 0.1) is 11.8 Å². The highest BCUT2D eigenvalue weighted by Gasteiger charge is 2.50. The van der Waals surface area contributed by atoms with E-state index in [1.54, 1.807) is 7.05 Å². The Morgan fingerprint density at radius 1 is 1.60 bits per heavy atom. The molecule has 4 heteroatoms. The van der Waals surface area contributed by atoms with Gasteiger partial charge in [-0.05, 0) is 31.7 Å². The molecule has 1 saturated carbocycles. The van der Waals surface area contributed by atoms with Crippen molar-refractivity contribution in [2.75, 3.05) is 20.3 Å². The molecule has 0 amide bonds. The van der Waals surface area contributed by atoms with Crippen molar-refractivity contribution >= 4 is 5.97 Å². The number of rotatable bonds is 7. The molecule has 1 atom stereocenters. The predicted octanol–water partition coefficient (Wildman–Crippen LogP) is 1.11. The summed E-state index contributed by atoms with van der Waals surface area (Å²) in [4.78, 5) is 11.3. The third kappa shape index (κ3) is 2.92. The molecule has 0 aromatic heterocycles. The zero-order chi connectivity index (χ0) is 11.5. The molecule has 4 nitrogen and oxygen atoms in total. The van der Waals surface area contributed by atoms with Gasteiger partial charge in [-0.2, -0.15) is 0 Å². The fraction of sp³-hybridized carbons (Fsp3) is 0.909. The van der Waals surface area contributed by atoms with Gasteiger partial charge in [0.2, 0.25) is 0 Å². The predicted molar refractivity (Wildman–Crippen MR) is 57.8 cm³/mol. The summed E-state index contributed by atoms with van der Waals surface area (Å²) in [7, 11) is 1.70. The lowest BCUT2D eigenvalue weighted by Gasteiger charge is -2.29. The minimum atomic E-state index is -0.866. The third-order valence-electron chi connectivity index (χ3n) is 2.88. The van der Waals surface area contributed by atoms with Crippen molar-refractivity contribution in [1.82, 2.24) is 5.32 Å². The number of hydrogen-bond acceptors (Lipinski definition) is 3. The Balaban J connectivity index is 2.52. The SMILES string of the molecule is CNC(COCC(C)C)(C(=O)O)C1CC1. The molecule has 0 radical (unpaired) electrons. The number of ether oxygens (including phenoxy) is 1. The van der Waals surface area contributed by atoms with Gasteiger partial charge < -0.3 is 15.2 Å². The van der Waals surface area contributed by atoms with E-state index in [4.69, 9.17) is 4.74 Å². The second kappa shape index (κ2) is 4.94. The Morgan fingerprint density at radius 3 is 2.53 bits per heavy atom. The minimum Gasteiger partial charge on any atom is -0.480 e. The molecule has 0 spiro atoms. The number of carbonyl (C=O) groups is 1. The quantitative estimate of drug-likeness (QED) is 0.668. The van der Waals surface area contributed by atoms with Crippen LogP contribution in [0.5, 0.6) is 0 Å². The van der Waals surface area contributed by atoms with E-state index in [0.717, 1.165) is 12.8 Å². The van der Waals surface area contributed by atoms with Gasteiger partial charge >= 0.3 is 5.97 Å². The van der Waals surface area contributed by atoms with Crippen LogP contribution in [-0.4, -0.2) is 36.9 Å². The third-order valence-corrected chi connectivity index (χ3v) is 2.88. The largest absolute Gasteiger partial charge is 0.480 e. The first-order valence-corrected chi connectivity index (χ1v) is 5.53. The Labute approximate surface area is 91.0 Å². The minimum absolute atomic E-state index is 0.229. The van der Waals surface area contributed by atoms with Crippen LogP contribution in [0.3, 0.4) is 0 Å². The molecule has 15 heavy (non-hydrogen) atoms. The first-order chi connectivity index (χ1) is 7.03. The van der Waals surface area contributed by atoms with Crippen LogP contribution < -0.4 is 5.32 Å². The van der Waals surface area contributed by atoms with Gasteiger partial charge in [-0.15, -0.1) is 0 Å². The van der Waals surface area contributed by atoms with E-state index in [-0.39, 0.29) is 12.5 Å². The van der Waals surface area contributed by atoms with Crippen LogP contribution in [0.1, 0.15) is 26.7 Å². The number of nitrogens with one attached hydrogen (secondary N) is 1. The molecule has 1 fully saturated rings. The maximum atomic E-state index is 11.3. The molecule has 88 valence electrons. The van der Waals surface area contributed by atoms with E-state index in [2.05, 4.69) is 19.2 Å². The van der Waals surface area contributed by atoms with Crippen molar-refractivity contribution in [3.63, 3.8) is 0 Å². The fourth-order valence-electron chi connectivity index (χ4n) is 1.77. The van der Waals surface area contributed by atoms with Gasteiger partial charge in [0, 0.05) is 6.61 Å². The average Bonchev–Trinajstić information content (AvgIpc) is 2.95. The summed E-state index contributed by atoms with van der Waals surface area (Å²) in [6.45, 7) is 4.99. The van der Waals surface area contributed by atoms with Gasteiger partial charge in [-0.25, -0.2) is 0 Å². The van der Waals surface area contributed by atoms with Crippen molar-refractivity contribution in [2.24, 2.45) is 11.8 Å². The second-order valence-electron chi connectivity index (χ2n) is 4.71. The zero-order valence-electron chi connectivity index (χ0n) is 9.75. The summed E-state index contributed by atoms with van der Waals surface area (Å²) in [6, 6.07) is 0. The van der Waals surface area contributed by atoms with Crippen LogP contribution in [0.25, 0.3) is 0 Å². The first kappa shape index (κ1) is 12.5. The molecule has 1 aliphatic rings. The molecule has 1 rings (SSSR count). The number of carboxylic acids is 1. The molecular formula is C11H21NO3. The van der Waals surface area contributed by atoms with E-state index >= 15 is 0 Å². The number of carboxylic acid groups (broad SMARTS) is 1. The molecule has 0 aliphatic heterocycles. The summed E-state index contributed by atoms with van der Waals surface area (Å²) >= 11 is 0. The van der Waals surface area contributed by atoms with Crippen LogP contribution in [0.15, 0.2) is 0 Å². The summed E-state index contributed by atoms with van der Waals surface area (Å²) in [5.74, 6) is -0.129. The topological polar surface area (TPSA) is 58.6 Å². The smallest absolute Gasteiger partial charge is 0.326 e. The van der Waals surface area contributed by atoms with Crippen LogP contribution in [0.2, 0.25) is 0 Å². The number of aliphatic carboxylic acids is 1. The Bertz CT molecular complexity index is 226. The fourth-order valence-corrected chi connectivity index (χ4v) is 1.77. The molecule has 0 aromatic rings. The monoisotopic (exact) mass is 215 g/mol. The van der Waals surface area contributed by atoms with Gasteiger partial charge in [0.1, 0.15) is 5.54 Å². The average molecular weight is 215 g/mol. The number of hydrogen-bond donors (Lipinski definition) is 2. The molecule has 0 bridgehead atoms. The molecule has 0 saturated heterocycles. The Morgan fingerprint density at radius 2 is 2.20 bits per heavy atom. The van der Waals surface area contributed by atoms with Gasteiger partial charge in [-0.1, -0.05) is 13.8 Å². The van der Waals surface area contributed by atoms with Crippen LogP contribution in [0.4, 0.5) is 0 Å². The molecule has 0 heterocycles. The normalized spacial score (nSPS) is 20.3. The lowest BCUT2D eigenvalue weighted by atomic mass is 9.94. The van der Waals surface area contributed by atoms with Crippen LogP contribution >= 0.6 is 0 Å². The first-order valence-electron chi connectivity index (χ1n) is 5.53. The maximum Gasteiger partial charge on any atom is 0.326 e. The molecule has 2 N–H and O–H groups in total. The van der Waals surface area contributed by atoms with Crippen molar-refractivity contribution in [3.8, 4) is 0 Å². The number of likely N-dealkylation sites (N-methyl/N-ethyl adjacent to an activating group) is 1. The van der Waals surface area contributed by atoms with Crippen LogP contribution in [-0.2, 0) is 9.53 Å². The summed E-state index contributed by atoms with van der Waals surface area (Å²) in [5, 5.41) is 12.2. The van der Waals surface area contributed by atoms with E-state index in [9.17, 15) is 9.90 Å². The molecule has 1 aliphatic carbocycles. The molecular weight excluding hydrogens is 194 g/mol. The van der Waals surface area contributed by atoms with Gasteiger partial charge in [0.25, 0.3) is 0 Å². The lowest BCUT2D eigenvalue weighted by Crippen LogP contribution is -2.56. The summed E-state index contributed by atoms with van der Waals surface area (Å²) in [6.07, 6.45) is 1.97. The van der Waals surface area contributed by atoms with Crippen molar-refractivity contribution in [2.45, 2.75) is 32.2 Å². The summed E-state index contributed by atoms with van der Waals surface area (Å²) < 4.78 is 5.47. The van der Waals surface area contributed by atoms with Gasteiger partial charge in [0.05, 0.1) is 6.61 Å². The lowest BCUT2D eigenvalue weighted by molar-refractivity contribution is -0.149. The van der Waals surface area contributed by atoms with E-state index in [1.165, 1.54) is 0 Å². The standard InChI is InChI=1S/C11H21NO3/c1-8(2)6-15-7-11(12-3,10(13)14)9-4-5-9/h8-9,12H,4-7H2,1-3H3,(H,13,14). The van der Waals surface area contributed by atoms with E-state index in [1.807, 2.05) is 0 Å². The maximum absolute atomic E-state index is 11.3. The van der Waals surface area contributed by atoms with E-state index in [0.29, 0.717) is 12.5 Å².